The van der Waals surface area contributed by atoms with E-state index in [-0.39, 0.29) is 23.9 Å². The van der Waals surface area contributed by atoms with Crippen molar-refractivity contribution < 1.29 is 9.59 Å². The molecule has 0 aliphatic rings. The van der Waals surface area contributed by atoms with Crippen molar-refractivity contribution in [1.29, 1.82) is 0 Å². The van der Waals surface area contributed by atoms with E-state index in [0.29, 0.717) is 12.1 Å². The van der Waals surface area contributed by atoms with Crippen LogP contribution in [0, 0.1) is 0 Å². The molecule has 0 spiro atoms. The molecule has 0 unspecified atom stereocenters. The zero-order chi connectivity index (χ0) is 18.3. The van der Waals surface area contributed by atoms with Crippen LogP contribution in [0.3, 0.4) is 0 Å². The van der Waals surface area contributed by atoms with E-state index in [0.717, 1.165) is 11.3 Å². The number of carbonyl (C=O) groups excluding carboxylic acids is 2. The monoisotopic (exact) mass is 339 g/mol. The van der Waals surface area contributed by atoms with Gasteiger partial charge in [-0.3, -0.25) is 9.59 Å². The second kappa shape index (κ2) is 8.33. The zero-order valence-corrected chi connectivity index (χ0v) is 14.9. The normalized spacial score (nSPS) is 10.8. The van der Waals surface area contributed by atoms with Gasteiger partial charge in [-0.1, -0.05) is 30.3 Å². The van der Waals surface area contributed by atoms with E-state index in [2.05, 4.69) is 16.0 Å². The minimum absolute atomic E-state index is 0.0848. The lowest BCUT2D eigenvalue weighted by Gasteiger charge is -2.20. The van der Waals surface area contributed by atoms with E-state index in [1.807, 2.05) is 51.1 Å². The number of benzene rings is 2. The third kappa shape index (κ3) is 6.67. The summed E-state index contributed by atoms with van der Waals surface area (Å²) in [5.74, 6) is -0.196. The van der Waals surface area contributed by atoms with Crippen LogP contribution in [0.15, 0.2) is 54.6 Å². The number of hydrogen-bond acceptors (Lipinski definition) is 3. The molecule has 0 fully saturated rings. The van der Waals surface area contributed by atoms with Crippen LogP contribution in [0.2, 0.25) is 0 Å². The maximum Gasteiger partial charge on any atom is 0.251 e. The Labute approximate surface area is 148 Å². The van der Waals surface area contributed by atoms with Crippen LogP contribution >= 0.6 is 0 Å². The number of hydrogen-bond donors (Lipinski definition) is 3. The highest BCUT2D eigenvalue weighted by Crippen LogP contribution is 2.10. The van der Waals surface area contributed by atoms with E-state index in [1.54, 1.807) is 24.3 Å². The van der Waals surface area contributed by atoms with Gasteiger partial charge in [-0.2, -0.15) is 0 Å². The molecular formula is C20H25N3O2. The standard InChI is InChI=1S/C20H25N3O2/c1-20(2,3)23-19(25)16-9-11-17(12-10-16)21-14-18(24)22-13-15-7-5-4-6-8-15/h4-12,21H,13-14H2,1-3H3,(H,22,24)(H,23,25). The molecule has 0 aliphatic heterocycles. The summed E-state index contributed by atoms with van der Waals surface area (Å²) in [4.78, 5) is 23.9. The van der Waals surface area contributed by atoms with E-state index < -0.39 is 0 Å². The largest absolute Gasteiger partial charge is 0.376 e. The molecule has 132 valence electrons. The highest BCUT2D eigenvalue weighted by atomic mass is 16.2. The Bertz CT molecular complexity index is 704. The molecule has 5 heteroatoms. The Hall–Kier alpha value is -2.82. The van der Waals surface area contributed by atoms with Gasteiger partial charge in [0.25, 0.3) is 5.91 Å². The Morgan fingerprint density at radius 1 is 0.920 bits per heavy atom. The fraction of sp³-hybridized carbons (Fsp3) is 0.300. The molecule has 0 saturated carbocycles. The lowest BCUT2D eigenvalue weighted by molar-refractivity contribution is -0.119. The zero-order valence-electron chi connectivity index (χ0n) is 14.9. The maximum atomic E-state index is 12.1. The van der Waals surface area contributed by atoms with Gasteiger partial charge < -0.3 is 16.0 Å². The third-order valence-electron chi connectivity index (χ3n) is 3.42. The summed E-state index contributed by atoms with van der Waals surface area (Å²) in [5, 5.41) is 8.82. The fourth-order valence-electron chi connectivity index (χ4n) is 2.19. The highest BCUT2D eigenvalue weighted by Gasteiger charge is 2.14. The molecular weight excluding hydrogens is 314 g/mol. The van der Waals surface area contributed by atoms with Crippen molar-refractivity contribution in [3.05, 3.63) is 65.7 Å². The number of amides is 2. The predicted molar refractivity (Wildman–Crippen MR) is 100 cm³/mol. The second-order valence-corrected chi connectivity index (χ2v) is 6.90. The van der Waals surface area contributed by atoms with Gasteiger partial charge in [0.15, 0.2) is 0 Å². The van der Waals surface area contributed by atoms with E-state index in [1.165, 1.54) is 0 Å². The fourth-order valence-corrected chi connectivity index (χ4v) is 2.19. The predicted octanol–water partition coefficient (Wildman–Crippen LogP) is 2.94. The van der Waals surface area contributed by atoms with Crippen LogP contribution in [0.1, 0.15) is 36.7 Å². The van der Waals surface area contributed by atoms with E-state index >= 15 is 0 Å². The van der Waals surface area contributed by atoms with Crippen molar-refractivity contribution in [3.63, 3.8) is 0 Å². The molecule has 0 radical (unpaired) electrons. The van der Waals surface area contributed by atoms with Crippen molar-refractivity contribution >= 4 is 17.5 Å². The summed E-state index contributed by atoms with van der Waals surface area (Å²) >= 11 is 0. The van der Waals surface area contributed by atoms with Gasteiger partial charge in [0.2, 0.25) is 5.91 Å². The summed E-state index contributed by atoms with van der Waals surface area (Å²) < 4.78 is 0. The summed E-state index contributed by atoms with van der Waals surface area (Å²) in [6.45, 7) is 6.51. The van der Waals surface area contributed by atoms with Gasteiger partial charge in [0.05, 0.1) is 6.54 Å². The lowest BCUT2D eigenvalue weighted by atomic mass is 10.1. The Morgan fingerprint density at radius 2 is 1.56 bits per heavy atom. The van der Waals surface area contributed by atoms with Crippen LogP contribution in [-0.4, -0.2) is 23.9 Å². The summed E-state index contributed by atoms with van der Waals surface area (Å²) in [7, 11) is 0. The first-order chi connectivity index (χ1) is 11.8. The van der Waals surface area contributed by atoms with E-state index in [9.17, 15) is 9.59 Å². The summed E-state index contributed by atoms with van der Waals surface area (Å²) in [6, 6.07) is 16.8. The molecule has 0 atom stereocenters. The highest BCUT2D eigenvalue weighted by molar-refractivity contribution is 5.95. The van der Waals surface area contributed by atoms with Crippen LogP contribution in [0.5, 0.6) is 0 Å². The van der Waals surface area contributed by atoms with Gasteiger partial charge in [-0.15, -0.1) is 0 Å². The van der Waals surface area contributed by atoms with Crippen molar-refractivity contribution in [2.45, 2.75) is 32.9 Å². The number of rotatable bonds is 6. The lowest BCUT2D eigenvalue weighted by Crippen LogP contribution is -2.40. The van der Waals surface area contributed by atoms with Crippen molar-refractivity contribution in [3.8, 4) is 0 Å². The topological polar surface area (TPSA) is 70.2 Å². The minimum atomic E-state index is -0.273. The minimum Gasteiger partial charge on any atom is -0.376 e. The molecule has 5 nitrogen and oxygen atoms in total. The Kier molecular flexibility index (Phi) is 6.17. The van der Waals surface area contributed by atoms with Crippen LogP contribution in [0.4, 0.5) is 5.69 Å². The van der Waals surface area contributed by atoms with Gasteiger partial charge in [-0.25, -0.2) is 0 Å². The molecule has 2 aromatic rings. The first-order valence-corrected chi connectivity index (χ1v) is 8.30. The number of carbonyl (C=O) groups is 2. The molecule has 0 heterocycles. The van der Waals surface area contributed by atoms with Crippen LogP contribution in [-0.2, 0) is 11.3 Å². The van der Waals surface area contributed by atoms with Gasteiger partial charge >= 0.3 is 0 Å². The third-order valence-corrected chi connectivity index (χ3v) is 3.42. The Balaban J connectivity index is 1.79. The van der Waals surface area contributed by atoms with Crippen LogP contribution < -0.4 is 16.0 Å². The summed E-state index contributed by atoms with van der Waals surface area (Å²) in [6.07, 6.45) is 0. The van der Waals surface area contributed by atoms with Crippen LogP contribution in [0.25, 0.3) is 0 Å². The van der Waals surface area contributed by atoms with Crippen molar-refractivity contribution in [1.82, 2.24) is 10.6 Å². The molecule has 2 aromatic carbocycles. The Morgan fingerprint density at radius 3 is 2.16 bits per heavy atom. The first-order valence-electron chi connectivity index (χ1n) is 8.30. The molecule has 2 rings (SSSR count). The molecule has 0 aromatic heterocycles. The van der Waals surface area contributed by atoms with Crippen molar-refractivity contribution in [2.24, 2.45) is 0 Å². The van der Waals surface area contributed by atoms with Gasteiger partial charge in [-0.05, 0) is 50.6 Å². The molecule has 0 saturated heterocycles. The maximum absolute atomic E-state index is 12.1. The van der Waals surface area contributed by atoms with E-state index in [4.69, 9.17) is 0 Å². The number of anilines is 1. The van der Waals surface area contributed by atoms with Gasteiger partial charge in [0.1, 0.15) is 0 Å². The molecule has 0 bridgehead atoms. The smallest absolute Gasteiger partial charge is 0.251 e. The first kappa shape index (κ1) is 18.5. The summed E-state index contributed by atoms with van der Waals surface area (Å²) in [5.41, 5.74) is 2.17. The molecule has 25 heavy (non-hydrogen) atoms. The molecule has 0 aliphatic carbocycles. The SMILES string of the molecule is CC(C)(C)NC(=O)c1ccc(NCC(=O)NCc2ccccc2)cc1. The van der Waals surface area contributed by atoms with Crippen molar-refractivity contribution in [2.75, 3.05) is 11.9 Å². The second-order valence-electron chi connectivity index (χ2n) is 6.90. The average Bonchev–Trinajstić information content (AvgIpc) is 2.58. The molecule has 3 N–H and O–H groups in total. The molecule has 2 amide bonds. The number of nitrogens with one attached hydrogen (secondary N) is 3. The van der Waals surface area contributed by atoms with Gasteiger partial charge in [0, 0.05) is 23.3 Å². The quantitative estimate of drug-likeness (QED) is 0.758. The average molecular weight is 339 g/mol.